The van der Waals surface area contributed by atoms with Crippen molar-refractivity contribution in [3.63, 3.8) is 0 Å². The number of ether oxygens (including phenoxy) is 1. The number of rotatable bonds is 8. The van der Waals surface area contributed by atoms with E-state index < -0.39 is 18.0 Å². The quantitative estimate of drug-likeness (QED) is 0.565. The van der Waals surface area contributed by atoms with Crippen molar-refractivity contribution in [3.8, 4) is 11.1 Å². The summed E-state index contributed by atoms with van der Waals surface area (Å²) >= 11 is 0. The van der Waals surface area contributed by atoms with Crippen molar-refractivity contribution in [2.24, 2.45) is 11.8 Å². The summed E-state index contributed by atoms with van der Waals surface area (Å²) in [4.78, 5) is 35.9. The minimum atomic E-state index is -0.842. The summed E-state index contributed by atoms with van der Waals surface area (Å²) in [6, 6.07) is 16.2. The Balaban J connectivity index is 1.26. The summed E-state index contributed by atoms with van der Waals surface area (Å²) in [7, 11) is 0. The molecule has 2 amide bonds. The van der Waals surface area contributed by atoms with Crippen molar-refractivity contribution < 1.29 is 24.2 Å². The number of carbonyl (C=O) groups is 3. The number of hydrogen-bond donors (Lipinski definition) is 3. The Labute approximate surface area is 193 Å². The van der Waals surface area contributed by atoms with E-state index in [0.717, 1.165) is 30.4 Å². The van der Waals surface area contributed by atoms with Crippen LogP contribution in [0, 0.1) is 11.8 Å². The van der Waals surface area contributed by atoms with Crippen molar-refractivity contribution in [3.05, 3.63) is 59.7 Å². The molecule has 0 bridgehead atoms. The summed E-state index contributed by atoms with van der Waals surface area (Å²) in [5, 5.41) is 14.7. The van der Waals surface area contributed by atoms with Gasteiger partial charge in [0.05, 0.1) is 12.3 Å². The molecule has 1 saturated carbocycles. The summed E-state index contributed by atoms with van der Waals surface area (Å²) in [6.45, 7) is 2.11. The van der Waals surface area contributed by atoms with Gasteiger partial charge in [0.1, 0.15) is 6.61 Å². The van der Waals surface area contributed by atoms with Crippen LogP contribution in [-0.4, -0.2) is 42.3 Å². The van der Waals surface area contributed by atoms with Gasteiger partial charge in [0.25, 0.3) is 0 Å². The molecule has 3 N–H and O–H groups in total. The zero-order chi connectivity index (χ0) is 23.4. The first-order valence-electron chi connectivity index (χ1n) is 11.5. The minimum absolute atomic E-state index is 0.0163. The number of carboxylic acid groups (broad SMARTS) is 1. The molecular weight excluding hydrogens is 420 g/mol. The number of fused-ring (bicyclic) bond motifs is 3. The van der Waals surface area contributed by atoms with Crippen LogP contribution in [0.15, 0.2) is 48.5 Å². The van der Waals surface area contributed by atoms with Gasteiger partial charge in [-0.1, -0.05) is 61.9 Å². The molecule has 7 heteroatoms. The average molecular weight is 451 g/mol. The highest BCUT2D eigenvalue weighted by molar-refractivity contribution is 5.80. The van der Waals surface area contributed by atoms with Crippen LogP contribution in [0.1, 0.15) is 49.7 Å². The van der Waals surface area contributed by atoms with Gasteiger partial charge >= 0.3 is 12.1 Å². The topological polar surface area (TPSA) is 105 Å². The van der Waals surface area contributed by atoms with Crippen molar-refractivity contribution in [2.75, 3.05) is 13.2 Å². The van der Waals surface area contributed by atoms with E-state index in [4.69, 9.17) is 9.84 Å². The first-order chi connectivity index (χ1) is 15.9. The summed E-state index contributed by atoms with van der Waals surface area (Å²) in [5.41, 5.74) is 4.62. The highest BCUT2D eigenvalue weighted by Gasteiger charge is 2.32. The van der Waals surface area contributed by atoms with E-state index in [1.165, 1.54) is 11.1 Å². The van der Waals surface area contributed by atoms with E-state index in [0.29, 0.717) is 0 Å². The Morgan fingerprint density at radius 1 is 1.03 bits per heavy atom. The van der Waals surface area contributed by atoms with Crippen LogP contribution in [0.3, 0.4) is 0 Å². The molecule has 0 saturated heterocycles. The molecule has 7 nitrogen and oxygen atoms in total. The van der Waals surface area contributed by atoms with Crippen LogP contribution in [0.4, 0.5) is 4.79 Å². The third-order valence-corrected chi connectivity index (χ3v) is 6.77. The first kappa shape index (κ1) is 22.8. The summed E-state index contributed by atoms with van der Waals surface area (Å²) in [6.07, 6.45) is 2.02. The average Bonchev–Trinajstić information content (AvgIpc) is 3.37. The third kappa shape index (κ3) is 5.18. The fraction of sp³-hybridized carbons (Fsp3) is 0.423. The molecule has 0 radical (unpaired) electrons. The fourth-order valence-electron chi connectivity index (χ4n) is 5.00. The van der Waals surface area contributed by atoms with Crippen LogP contribution in [0.25, 0.3) is 11.1 Å². The Kier molecular flexibility index (Phi) is 6.96. The number of alkyl carbamates (subject to hydrolysis) is 1. The summed E-state index contributed by atoms with van der Waals surface area (Å²) < 4.78 is 5.52. The predicted molar refractivity (Wildman–Crippen MR) is 124 cm³/mol. The highest BCUT2D eigenvalue weighted by atomic mass is 16.5. The van der Waals surface area contributed by atoms with E-state index in [1.54, 1.807) is 6.92 Å². The van der Waals surface area contributed by atoms with Crippen molar-refractivity contribution in [1.82, 2.24) is 10.6 Å². The lowest BCUT2D eigenvalue weighted by molar-refractivity contribution is -0.138. The SMILES string of the molecule is CC(CNC(=O)OCC1c2ccccc2-c2ccccc21)C(=O)N[C@@H]1CCC[C@H]1CC(=O)O. The van der Waals surface area contributed by atoms with Gasteiger partial charge in [-0.25, -0.2) is 4.79 Å². The van der Waals surface area contributed by atoms with E-state index >= 15 is 0 Å². The molecule has 2 aromatic carbocycles. The largest absolute Gasteiger partial charge is 0.481 e. The van der Waals surface area contributed by atoms with Gasteiger partial charge < -0.3 is 20.5 Å². The van der Waals surface area contributed by atoms with Gasteiger partial charge in [-0.2, -0.15) is 0 Å². The molecule has 4 rings (SSSR count). The summed E-state index contributed by atoms with van der Waals surface area (Å²) in [5.74, 6) is -1.52. The first-order valence-corrected chi connectivity index (χ1v) is 11.5. The van der Waals surface area contributed by atoms with Gasteiger partial charge in [0.15, 0.2) is 0 Å². The molecule has 1 fully saturated rings. The maximum atomic E-state index is 12.5. The van der Waals surface area contributed by atoms with Crippen molar-refractivity contribution in [1.29, 1.82) is 0 Å². The second kappa shape index (κ2) is 10.1. The Hall–Kier alpha value is -3.35. The number of amides is 2. The van der Waals surface area contributed by atoms with Gasteiger partial charge in [0.2, 0.25) is 5.91 Å². The van der Waals surface area contributed by atoms with Gasteiger partial charge in [0, 0.05) is 18.5 Å². The molecule has 33 heavy (non-hydrogen) atoms. The molecule has 3 atom stereocenters. The molecule has 174 valence electrons. The lowest BCUT2D eigenvalue weighted by Gasteiger charge is -2.22. The molecule has 2 aliphatic carbocycles. The second-order valence-corrected chi connectivity index (χ2v) is 9.01. The molecule has 0 heterocycles. The monoisotopic (exact) mass is 450 g/mol. The maximum Gasteiger partial charge on any atom is 0.407 e. The molecule has 0 aromatic heterocycles. The van der Waals surface area contributed by atoms with Crippen LogP contribution in [0.5, 0.6) is 0 Å². The smallest absolute Gasteiger partial charge is 0.407 e. The van der Waals surface area contributed by atoms with E-state index in [2.05, 4.69) is 34.9 Å². The van der Waals surface area contributed by atoms with Gasteiger partial charge in [-0.05, 0) is 41.0 Å². The van der Waals surface area contributed by atoms with E-state index in [1.807, 2.05) is 24.3 Å². The molecular formula is C26H30N2O5. The zero-order valence-corrected chi connectivity index (χ0v) is 18.8. The maximum absolute atomic E-state index is 12.5. The molecule has 2 aromatic rings. The van der Waals surface area contributed by atoms with Crippen molar-refractivity contribution >= 4 is 18.0 Å². The van der Waals surface area contributed by atoms with Gasteiger partial charge in [-0.3, -0.25) is 9.59 Å². The number of carbonyl (C=O) groups excluding carboxylic acids is 2. The molecule has 1 unspecified atom stereocenters. The van der Waals surface area contributed by atoms with Crippen molar-refractivity contribution in [2.45, 2.75) is 44.6 Å². The normalized spacial score (nSPS) is 19.9. The lowest BCUT2D eigenvalue weighted by Crippen LogP contribution is -2.44. The number of nitrogens with one attached hydrogen (secondary N) is 2. The molecule has 0 aliphatic heterocycles. The standard InChI is InChI=1S/C26H30N2O5/c1-16(25(31)28-23-12-6-7-17(23)13-24(29)30)14-27-26(32)33-15-22-20-10-4-2-8-18(20)19-9-3-5-11-21(19)22/h2-5,8-11,16-17,22-23H,6-7,12-15H2,1H3,(H,27,32)(H,28,31)(H,29,30)/t16?,17-,23+/m0/s1. The number of carboxylic acids is 1. The number of benzene rings is 2. The van der Waals surface area contributed by atoms with E-state index in [-0.39, 0.29) is 43.4 Å². The van der Waals surface area contributed by atoms with Crippen LogP contribution in [0.2, 0.25) is 0 Å². The number of hydrogen-bond acceptors (Lipinski definition) is 4. The van der Waals surface area contributed by atoms with Crippen LogP contribution in [-0.2, 0) is 14.3 Å². The molecule has 2 aliphatic rings. The highest BCUT2D eigenvalue weighted by Crippen LogP contribution is 2.44. The fourth-order valence-corrected chi connectivity index (χ4v) is 5.00. The second-order valence-electron chi connectivity index (χ2n) is 9.01. The zero-order valence-electron chi connectivity index (χ0n) is 18.8. The van der Waals surface area contributed by atoms with Crippen LogP contribution >= 0.6 is 0 Å². The Morgan fingerprint density at radius 2 is 1.67 bits per heavy atom. The Morgan fingerprint density at radius 3 is 2.30 bits per heavy atom. The number of aliphatic carboxylic acids is 1. The van der Waals surface area contributed by atoms with Gasteiger partial charge in [-0.15, -0.1) is 0 Å². The van der Waals surface area contributed by atoms with E-state index in [9.17, 15) is 14.4 Å². The van der Waals surface area contributed by atoms with Crippen LogP contribution < -0.4 is 10.6 Å². The Bertz CT molecular complexity index is 991. The minimum Gasteiger partial charge on any atom is -0.481 e. The lowest BCUT2D eigenvalue weighted by atomic mass is 9.98. The molecule has 0 spiro atoms. The predicted octanol–water partition coefficient (Wildman–Crippen LogP) is 3.92. The third-order valence-electron chi connectivity index (χ3n) is 6.77.